The molecule has 4 rings (SSSR count). The average molecular weight is 487 g/mol. The number of hydrogen-bond acceptors (Lipinski definition) is 3. The van der Waals surface area contributed by atoms with E-state index in [9.17, 15) is 22.4 Å². The number of carbonyl (C=O) groups is 1. The lowest BCUT2D eigenvalue weighted by molar-refractivity contribution is -0.137. The molecule has 5 nitrogen and oxygen atoms in total. The van der Waals surface area contributed by atoms with Crippen molar-refractivity contribution in [3.05, 3.63) is 83.3 Å². The fraction of sp³-hybridized carbons (Fsp3) is 0.308. The Kier molecular flexibility index (Phi) is 7.23. The Bertz CT molecular complexity index is 1170. The number of carbonyl (C=O) groups excluding carboxylic acids is 1. The Balaban J connectivity index is 1.29. The molecule has 0 radical (unpaired) electrons. The summed E-state index contributed by atoms with van der Waals surface area (Å²) < 4.78 is 58.0. The summed E-state index contributed by atoms with van der Waals surface area (Å²) in [5.74, 6) is 0.464. The van der Waals surface area contributed by atoms with Crippen molar-refractivity contribution in [2.24, 2.45) is 5.92 Å². The van der Waals surface area contributed by atoms with Gasteiger partial charge in [0.25, 0.3) is 0 Å². The van der Waals surface area contributed by atoms with Crippen molar-refractivity contribution in [3.63, 3.8) is 0 Å². The van der Waals surface area contributed by atoms with Crippen LogP contribution in [0.5, 0.6) is 11.6 Å². The lowest BCUT2D eigenvalue weighted by Crippen LogP contribution is -2.41. The van der Waals surface area contributed by atoms with Gasteiger partial charge in [-0.15, -0.1) is 0 Å². The highest BCUT2D eigenvalue weighted by Crippen LogP contribution is 2.31. The number of nitrogens with one attached hydrogen (secondary N) is 1. The molecule has 0 spiro atoms. The number of anilines is 1. The number of pyridine rings is 1. The van der Waals surface area contributed by atoms with Crippen molar-refractivity contribution in [3.8, 4) is 11.6 Å². The number of aromatic nitrogens is 1. The van der Waals surface area contributed by atoms with Gasteiger partial charge in [-0.3, -0.25) is 0 Å². The molecule has 0 aliphatic carbocycles. The van der Waals surface area contributed by atoms with E-state index in [-0.39, 0.29) is 5.69 Å². The van der Waals surface area contributed by atoms with E-state index < -0.39 is 23.6 Å². The molecule has 0 unspecified atom stereocenters. The molecule has 0 saturated carbocycles. The zero-order chi connectivity index (χ0) is 25.0. The molecule has 1 aromatic heterocycles. The van der Waals surface area contributed by atoms with Crippen LogP contribution < -0.4 is 10.1 Å². The molecule has 35 heavy (non-hydrogen) atoms. The van der Waals surface area contributed by atoms with E-state index in [0.717, 1.165) is 42.5 Å². The van der Waals surface area contributed by atoms with E-state index in [1.54, 1.807) is 11.1 Å². The summed E-state index contributed by atoms with van der Waals surface area (Å²) in [7, 11) is 0. The zero-order valence-electron chi connectivity index (χ0n) is 19.1. The van der Waals surface area contributed by atoms with Gasteiger partial charge in [0.1, 0.15) is 11.6 Å². The molecular weight excluding hydrogens is 462 g/mol. The number of halogens is 4. The summed E-state index contributed by atoms with van der Waals surface area (Å²) >= 11 is 0. The van der Waals surface area contributed by atoms with Crippen molar-refractivity contribution in [1.82, 2.24) is 9.88 Å². The SMILES string of the molecule is Cc1ccc(Oc2cccc(CC3CCN(C(=O)Nc4ccc(C(F)(F)F)cc4F)CC3)c2)nc1. The number of hydrogen-bond donors (Lipinski definition) is 1. The first-order valence-corrected chi connectivity index (χ1v) is 11.3. The minimum absolute atomic E-state index is 0.273. The van der Waals surface area contributed by atoms with Gasteiger partial charge in [-0.1, -0.05) is 18.2 Å². The Morgan fingerprint density at radius 1 is 1.11 bits per heavy atom. The molecule has 0 atom stereocenters. The lowest BCUT2D eigenvalue weighted by Gasteiger charge is -2.32. The first-order valence-electron chi connectivity index (χ1n) is 11.3. The number of ether oxygens (including phenoxy) is 1. The molecular formula is C26H25F4N3O2. The van der Waals surface area contributed by atoms with E-state index in [4.69, 9.17) is 4.74 Å². The number of aryl methyl sites for hydroxylation is 1. The second-order valence-electron chi connectivity index (χ2n) is 8.68. The third-order valence-corrected chi connectivity index (χ3v) is 5.97. The van der Waals surface area contributed by atoms with Gasteiger partial charge in [0.2, 0.25) is 5.88 Å². The van der Waals surface area contributed by atoms with Gasteiger partial charge in [0.15, 0.2) is 0 Å². The second-order valence-corrected chi connectivity index (χ2v) is 8.68. The van der Waals surface area contributed by atoms with Gasteiger partial charge in [0.05, 0.1) is 11.3 Å². The maximum atomic E-state index is 14.1. The molecule has 1 fully saturated rings. The van der Waals surface area contributed by atoms with E-state index in [1.807, 2.05) is 43.3 Å². The van der Waals surface area contributed by atoms with Gasteiger partial charge in [0, 0.05) is 25.4 Å². The van der Waals surface area contributed by atoms with Crippen molar-refractivity contribution < 1.29 is 27.1 Å². The van der Waals surface area contributed by atoms with E-state index >= 15 is 0 Å². The molecule has 0 bridgehead atoms. The van der Waals surface area contributed by atoms with Crippen LogP contribution in [0.1, 0.15) is 29.5 Å². The van der Waals surface area contributed by atoms with Crippen LogP contribution in [0.15, 0.2) is 60.8 Å². The van der Waals surface area contributed by atoms with E-state index in [2.05, 4.69) is 10.3 Å². The molecule has 2 heterocycles. The minimum atomic E-state index is -4.64. The summed E-state index contributed by atoms with van der Waals surface area (Å²) in [5.41, 5.74) is 0.795. The first kappa shape index (κ1) is 24.5. The maximum Gasteiger partial charge on any atom is 0.416 e. The minimum Gasteiger partial charge on any atom is -0.439 e. The molecule has 184 valence electrons. The van der Waals surface area contributed by atoms with Crippen LogP contribution in [0.25, 0.3) is 0 Å². The third-order valence-electron chi connectivity index (χ3n) is 5.97. The van der Waals surface area contributed by atoms with Crippen LogP contribution in [-0.4, -0.2) is 29.0 Å². The number of alkyl halides is 3. The zero-order valence-corrected chi connectivity index (χ0v) is 19.1. The Morgan fingerprint density at radius 2 is 1.89 bits per heavy atom. The molecule has 2 aromatic carbocycles. The van der Waals surface area contributed by atoms with Crippen molar-refractivity contribution in [2.75, 3.05) is 18.4 Å². The second kappa shape index (κ2) is 10.3. The monoisotopic (exact) mass is 487 g/mol. The van der Waals surface area contributed by atoms with E-state index in [1.165, 1.54) is 0 Å². The predicted octanol–water partition coefficient (Wildman–Crippen LogP) is 6.83. The number of likely N-dealkylation sites (tertiary alicyclic amines) is 1. The van der Waals surface area contributed by atoms with E-state index in [0.29, 0.717) is 36.7 Å². The van der Waals surface area contributed by atoms with Crippen LogP contribution in [-0.2, 0) is 12.6 Å². The normalized spacial score (nSPS) is 14.6. The summed E-state index contributed by atoms with van der Waals surface area (Å²) in [6, 6.07) is 13.1. The highest BCUT2D eigenvalue weighted by atomic mass is 19.4. The highest BCUT2D eigenvalue weighted by molar-refractivity contribution is 5.89. The summed E-state index contributed by atoms with van der Waals surface area (Å²) in [6.45, 7) is 2.91. The molecule has 1 N–H and O–H groups in total. The molecule has 1 saturated heterocycles. The lowest BCUT2D eigenvalue weighted by atomic mass is 9.90. The number of urea groups is 1. The summed E-state index contributed by atoms with van der Waals surface area (Å²) in [5, 5.41) is 2.38. The highest BCUT2D eigenvalue weighted by Gasteiger charge is 2.31. The fourth-order valence-corrected chi connectivity index (χ4v) is 4.03. The fourth-order valence-electron chi connectivity index (χ4n) is 4.03. The molecule has 2 amide bonds. The Hall–Kier alpha value is -3.62. The molecule has 1 aliphatic heterocycles. The number of nitrogens with zero attached hydrogens (tertiary/aromatic N) is 2. The van der Waals surface area contributed by atoms with Gasteiger partial charge >= 0.3 is 12.2 Å². The summed E-state index contributed by atoms with van der Waals surface area (Å²) in [4.78, 5) is 18.3. The number of piperidine rings is 1. The number of rotatable bonds is 5. The van der Waals surface area contributed by atoms with Gasteiger partial charge in [-0.05, 0) is 73.6 Å². The molecule has 3 aromatic rings. The quantitative estimate of drug-likeness (QED) is 0.402. The Labute approximate surface area is 200 Å². The molecule has 9 heteroatoms. The van der Waals surface area contributed by atoms with Crippen LogP contribution in [0.3, 0.4) is 0 Å². The van der Waals surface area contributed by atoms with Crippen molar-refractivity contribution in [1.29, 1.82) is 0 Å². The van der Waals surface area contributed by atoms with Crippen LogP contribution in [0, 0.1) is 18.7 Å². The third kappa shape index (κ3) is 6.49. The largest absolute Gasteiger partial charge is 0.439 e. The molecule has 1 aliphatic rings. The van der Waals surface area contributed by atoms with Gasteiger partial charge in [-0.25, -0.2) is 14.2 Å². The van der Waals surface area contributed by atoms with Crippen molar-refractivity contribution >= 4 is 11.7 Å². The van der Waals surface area contributed by atoms with Crippen LogP contribution in [0.4, 0.5) is 28.0 Å². The van der Waals surface area contributed by atoms with Crippen LogP contribution in [0.2, 0.25) is 0 Å². The smallest absolute Gasteiger partial charge is 0.416 e. The van der Waals surface area contributed by atoms with Crippen LogP contribution >= 0.6 is 0 Å². The van der Waals surface area contributed by atoms with Gasteiger partial charge in [-0.2, -0.15) is 13.2 Å². The maximum absolute atomic E-state index is 14.1. The number of benzene rings is 2. The number of amides is 2. The van der Waals surface area contributed by atoms with Crippen molar-refractivity contribution in [2.45, 2.75) is 32.4 Å². The van der Waals surface area contributed by atoms with Gasteiger partial charge < -0.3 is 15.0 Å². The standard InChI is InChI=1S/C26H25F4N3O2/c1-17-5-8-24(31-16-17)35-21-4-2-3-19(14-21)13-18-9-11-33(12-10-18)25(34)32-23-7-6-20(15-22(23)27)26(28,29)30/h2-8,14-16,18H,9-13H2,1H3,(H,32,34). The topological polar surface area (TPSA) is 54.5 Å². The average Bonchev–Trinajstić information content (AvgIpc) is 2.82. The Morgan fingerprint density at radius 3 is 2.54 bits per heavy atom. The summed E-state index contributed by atoms with van der Waals surface area (Å²) in [6.07, 6.45) is -0.563. The predicted molar refractivity (Wildman–Crippen MR) is 124 cm³/mol. The first-order chi connectivity index (χ1) is 16.7.